The molecular weight excluding hydrogens is 865 g/mol. The SMILES string of the molecule is CC(CCC(O)C(C)(C)OC1OC(CO)C(O)C(O)C1OC1OC(CO)C(O)C(O)C1O)C1CCC2(C)C3CC=C4C(CCC(OC5OC(CO)C(O)C(O)C5O)C4(C)C)C3(C)CCC12C. The van der Waals surface area contributed by atoms with Gasteiger partial charge >= 0.3 is 0 Å². The zero-order valence-corrected chi connectivity index (χ0v) is 40.0. The summed E-state index contributed by atoms with van der Waals surface area (Å²) in [5.41, 5.74) is -0.214. The van der Waals surface area contributed by atoms with Gasteiger partial charge in [0.25, 0.3) is 0 Å². The molecule has 24 unspecified atom stereocenters. The molecule has 3 saturated carbocycles. The van der Waals surface area contributed by atoms with Crippen LogP contribution in [0.5, 0.6) is 0 Å². The van der Waals surface area contributed by atoms with Gasteiger partial charge in [-0.3, -0.25) is 0 Å². The van der Waals surface area contributed by atoms with Gasteiger partial charge in [-0.25, -0.2) is 0 Å². The summed E-state index contributed by atoms with van der Waals surface area (Å²) >= 11 is 0. The largest absolute Gasteiger partial charge is 0.394 e. The van der Waals surface area contributed by atoms with E-state index in [4.69, 9.17) is 28.4 Å². The van der Waals surface area contributed by atoms with Gasteiger partial charge in [-0.2, -0.15) is 0 Å². The smallest absolute Gasteiger partial charge is 0.187 e. The number of aliphatic hydroxyl groups excluding tert-OH is 12. The molecule has 24 atom stereocenters. The van der Waals surface area contributed by atoms with E-state index in [9.17, 15) is 61.3 Å². The van der Waals surface area contributed by atoms with Gasteiger partial charge in [0, 0.05) is 5.41 Å². The van der Waals surface area contributed by atoms with E-state index in [0.29, 0.717) is 30.6 Å². The molecule has 3 saturated heterocycles. The van der Waals surface area contributed by atoms with E-state index < -0.39 is 129 Å². The summed E-state index contributed by atoms with van der Waals surface area (Å²) in [6, 6.07) is 0. The highest BCUT2D eigenvalue weighted by Gasteiger charge is 2.68. The van der Waals surface area contributed by atoms with Gasteiger partial charge in [-0.05, 0) is 112 Å². The molecule has 3 heterocycles. The van der Waals surface area contributed by atoms with Crippen LogP contribution in [-0.4, -0.2) is 191 Å². The lowest BCUT2D eigenvalue weighted by molar-refractivity contribution is -0.380. The molecule has 0 amide bonds. The van der Waals surface area contributed by atoms with Gasteiger partial charge in [-0.15, -0.1) is 0 Å². The maximum absolute atomic E-state index is 11.8. The average molecular weight is 947 g/mol. The number of allylic oxidation sites excluding steroid dienone is 1. The third kappa shape index (κ3) is 8.90. The summed E-state index contributed by atoms with van der Waals surface area (Å²) in [4.78, 5) is 0. The van der Waals surface area contributed by atoms with E-state index in [1.165, 1.54) is 5.57 Å². The Labute approximate surface area is 388 Å². The minimum atomic E-state index is -1.81. The standard InChI is InChI=1S/C48H82O18/c1-22(9-13-30(52)45(4,5)66-43-40(37(58)34(55)28(21-51)63-43)65-42-39(60)36(57)33(54)27(20-50)62-42)23-15-16-48(8)29-12-10-24-25(46(29,6)17-18-47(23,48)7)11-14-31(44(24,2)3)64-41-38(59)35(56)32(53)26(19-49)61-41/h10,22-23,25-43,49-60H,9,11-21H2,1-8H3. The molecule has 0 bridgehead atoms. The van der Waals surface area contributed by atoms with Gasteiger partial charge in [0.2, 0.25) is 0 Å². The average Bonchev–Trinajstić information content (AvgIpc) is 3.56. The molecule has 6 fully saturated rings. The molecule has 18 nitrogen and oxygen atoms in total. The zero-order chi connectivity index (χ0) is 48.6. The zero-order valence-electron chi connectivity index (χ0n) is 40.0. The monoisotopic (exact) mass is 947 g/mol. The third-order valence-corrected chi connectivity index (χ3v) is 18.8. The third-order valence-electron chi connectivity index (χ3n) is 18.8. The molecule has 0 aromatic rings. The Morgan fingerprint density at radius 2 is 1.17 bits per heavy atom. The number of ether oxygens (including phenoxy) is 6. The van der Waals surface area contributed by atoms with E-state index in [-0.39, 0.29) is 28.3 Å². The van der Waals surface area contributed by atoms with Crippen LogP contribution in [-0.2, 0) is 28.4 Å². The second-order valence-electron chi connectivity index (χ2n) is 22.9. The van der Waals surface area contributed by atoms with Crippen LogP contribution in [0.4, 0.5) is 0 Å². The fourth-order valence-corrected chi connectivity index (χ4v) is 14.2. The minimum Gasteiger partial charge on any atom is -0.394 e. The number of rotatable bonds is 14. The molecule has 3 aliphatic heterocycles. The molecule has 7 aliphatic rings. The quantitative estimate of drug-likeness (QED) is 0.102. The lowest BCUT2D eigenvalue weighted by atomic mass is 9.39. The van der Waals surface area contributed by atoms with Crippen LogP contribution in [0.2, 0.25) is 0 Å². The van der Waals surface area contributed by atoms with Crippen molar-refractivity contribution in [2.45, 2.75) is 223 Å². The van der Waals surface area contributed by atoms with Crippen LogP contribution >= 0.6 is 0 Å². The summed E-state index contributed by atoms with van der Waals surface area (Å²) in [6.45, 7) is 15.5. The first kappa shape index (κ1) is 52.8. The van der Waals surface area contributed by atoms with Crippen LogP contribution in [0.15, 0.2) is 11.6 Å². The fraction of sp³-hybridized carbons (Fsp3) is 0.958. The molecule has 0 aromatic heterocycles. The molecular formula is C48H82O18. The van der Waals surface area contributed by atoms with Crippen molar-refractivity contribution < 1.29 is 89.7 Å². The number of hydrogen-bond donors (Lipinski definition) is 12. The van der Waals surface area contributed by atoms with Crippen molar-refractivity contribution in [2.75, 3.05) is 19.8 Å². The minimum absolute atomic E-state index is 0.0407. The maximum atomic E-state index is 11.8. The van der Waals surface area contributed by atoms with Crippen LogP contribution < -0.4 is 0 Å². The van der Waals surface area contributed by atoms with E-state index in [0.717, 1.165) is 44.9 Å². The molecule has 0 spiro atoms. The summed E-state index contributed by atoms with van der Waals surface area (Å²) in [5, 5.41) is 126. The van der Waals surface area contributed by atoms with Crippen LogP contribution in [0.3, 0.4) is 0 Å². The first-order valence-electron chi connectivity index (χ1n) is 24.4. The topological polar surface area (TPSA) is 298 Å². The molecule has 0 radical (unpaired) electrons. The predicted octanol–water partition coefficient (Wildman–Crippen LogP) is -0.0268. The fourth-order valence-electron chi connectivity index (χ4n) is 14.2. The van der Waals surface area contributed by atoms with Crippen molar-refractivity contribution in [1.29, 1.82) is 0 Å². The normalized spacial score (nSPS) is 50.4. The van der Waals surface area contributed by atoms with Crippen LogP contribution in [0.25, 0.3) is 0 Å². The summed E-state index contributed by atoms with van der Waals surface area (Å²) in [7, 11) is 0. The molecule has 4 aliphatic carbocycles. The Balaban J connectivity index is 1.00. The Morgan fingerprint density at radius 1 is 0.636 bits per heavy atom. The molecule has 7 rings (SSSR count). The van der Waals surface area contributed by atoms with Crippen molar-refractivity contribution in [2.24, 2.45) is 45.3 Å². The number of fused-ring (bicyclic) bond motifs is 5. The summed E-state index contributed by atoms with van der Waals surface area (Å²) in [5.74, 6) is 1.42. The second kappa shape index (κ2) is 19.6. The van der Waals surface area contributed by atoms with Crippen LogP contribution in [0, 0.1) is 45.3 Å². The Kier molecular flexibility index (Phi) is 15.7. The van der Waals surface area contributed by atoms with Crippen molar-refractivity contribution in [1.82, 2.24) is 0 Å². The summed E-state index contributed by atoms with van der Waals surface area (Å²) < 4.78 is 35.8. The maximum Gasteiger partial charge on any atom is 0.187 e. The Bertz CT molecular complexity index is 1680. The predicted molar refractivity (Wildman–Crippen MR) is 234 cm³/mol. The first-order valence-corrected chi connectivity index (χ1v) is 24.4. The van der Waals surface area contributed by atoms with Gasteiger partial charge in [0.1, 0.15) is 73.2 Å². The van der Waals surface area contributed by atoms with Gasteiger partial charge < -0.3 is 89.7 Å². The Morgan fingerprint density at radius 3 is 1.73 bits per heavy atom. The van der Waals surface area contributed by atoms with E-state index in [2.05, 4.69) is 47.6 Å². The Hall–Kier alpha value is -0.980. The molecule has 0 aromatic carbocycles. The van der Waals surface area contributed by atoms with E-state index >= 15 is 0 Å². The lowest BCUT2D eigenvalue weighted by Crippen LogP contribution is -2.65. The van der Waals surface area contributed by atoms with Crippen molar-refractivity contribution >= 4 is 0 Å². The van der Waals surface area contributed by atoms with Gasteiger partial charge in [-0.1, -0.05) is 53.2 Å². The van der Waals surface area contributed by atoms with Gasteiger partial charge in [0.15, 0.2) is 18.9 Å². The van der Waals surface area contributed by atoms with Crippen molar-refractivity contribution in [3.63, 3.8) is 0 Å². The summed E-state index contributed by atoms with van der Waals surface area (Å²) in [6.07, 6.45) is -13.5. The van der Waals surface area contributed by atoms with E-state index in [1.807, 2.05) is 0 Å². The van der Waals surface area contributed by atoms with Crippen molar-refractivity contribution in [3.8, 4) is 0 Å². The highest BCUT2D eigenvalue weighted by Crippen LogP contribution is 2.75. The number of aliphatic hydroxyl groups is 12. The molecule has 382 valence electrons. The van der Waals surface area contributed by atoms with Crippen LogP contribution in [0.1, 0.15) is 113 Å². The lowest BCUT2D eigenvalue weighted by Gasteiger charge is -2.66. The number of hydrogen-bond acceptors (Lipinski definition) is 18. The van der Waals surface area contributed by atoms with Gasteiger partial charge in [0.05, 0.1) is 37.6 Å². The highest BCUT2D eigenvalue weighted by molar-refractivity contribution is 5.30. The molecule has 66 heavy (non-hydrogen) atoms. The first-order chi connectivity index (χ1) is 30.8. The molecule has 12 N–H and O–H groups in total. The van der Waals surface area contributed by atoms with E-state index in [1.54, 1.807) is 13.8 Å². The molecule has 18 heteroatoms. The highest BCUT2D eigenvalue weighted by atomic mass is 16.8. The second-order valence-corrected chi connectivity index (χ2v) is 22.9. The van der Waals surface area contributed by atoms with Crippen molar-refractivity contribution in [3.05, 3.63) is 11.6 Å².